The van der Waals surface area contributed by atoms with Crippen LogP contribution < -0.4 is 14.8 Å². The van der Waals surface area contributed by atoms with Crippen molar-refractivity contribution in [1.29, 1.82) is 0 Å². The van der Waals surface area contributed by atoms with E-state index in [1.807, 2.05) is 18.2 Å². The molecule has 0 radical (unpaired) electrons. The molecule has 3 aliphatic rings. The molecule has 0 fully saturated rings. The van der Waals surface area contributed by atoms with E-state index in [0.717, 1.165) is 69.0 Å². The van der Waals surface area contributed by atoms with Crippen molar-refractivity contribution in [2.45, 2.75) is 83.6 Å². The number of halogens is 1. The number of rotatable bonds is 9. The molecule has 1 N–H and O–H groups in total. The van der Waals surface area contributed by atoms with Gasteiger partial charge in [-0.25, -0.2) is 19.9 Å². The number of aromatic nitrogens is 4. The third-order valence-electron chi connectivity index (χ3n) is 9.14. The number of aryl methyl sites for hydroxylation is 6. The molecule has 262 valence electrons. The number of carbonyl (C=O) groups is 2. The molecule has 5 aromatic rings. The van der Waals surface area contributed by atoms with Crippen LogP contribution in [0.3, 0.4) is 0 Å². The number of fused-ring (bicyclic) bond motifs is 7. The highest BCUT2D eigenvalue weighted by molar-refractivity contribution is 7.19. The number of nitrogens with zero attached hydrogens (tertiary/aromatic N) is 4. The van der Waals surface area contributed by atoms with Gasteiger partial charge in [0.25, 0.3) is 0 Å². The lowest BCUT2D eigenvalue weighted by atomic mass is 9.97. The Kier molecular flexibility index (Phi) is 10.6. The maximum Gasteiger partial charge on any atom is 0.305 e. The van der Waals surface area contributed by atoms with Crippen LogP contribution in [-0.4, -0.2) is 52.9 Å². The number of thiophene rings is 2. The zero-order chi connectivity index (χ0) is 34.6. The molecule has 0 saturated carbocycles. The number of carbonyl (C=O) groups excluding carboxylic acids is 2. The lowest BCUT2D eigenvalue weighted by Crippen LogP contribution is -2.08. The summed E-state index contributed by atoms with van der Waals surface area (Å²) in [6.07, 6.45) is 10.7. The summed E-state index contributed by atoms with van der Waals surface area (Å²) in [5, 5.41) is 6.20. The van der Waals surface area contributed by atoms with Crippen molar-refractivity contribution >= 4 is 72.5 Å². The van der Waals surface area contributed by atoms with Gasteiger partial charge in [-0.15, -0.1) is 22.7 Å². The molecule has 1 aliphatic heterocycles. The Morgan fingerprint density at radius 2 is 1.36 bits per heavy atom. The van der Waals surface area contributed by atoms with Crippen LogP contribution in [0.1, 0.15) is 76.6 Å². The number of benzene rings is 1. The zero-order valence-corrected chi connectivity index (χ0v) is 30.5. The average molecular weight is 736 g/mol. The lowest BCUT2D eigenvalue weighted by Gasteiger charge is -2.13. The van der Waals surface area contributed by atoms with Crippen LogP contribution in [0, 0.1) is 0 Å². The van der Waals surface area contributed by atoms with Crippen molar-refractivity contribution in [3.05, 3.63) is 61.4 Å². The summed E-state index contributed by atoms with van der Waals surface area (Å²) in [5.41, 5.74) is 3.81. The minimum Gasteiger partial charge on any atom is -0.469 e. The summed E-state index contributed by atoms with van der Waals surface area (Å²) in [6.45, 7) is 0.882. The molecule has 50 heavy (non-hydrogen) atoms. The third kappa shape index (κ3) is 7.50. The predicted molar refractivity (Wildman–Crippen MR) is 194 cm³/mol. The van der Waals surface area contributed by atoms with E-state index in [2.05, 4.69) is 20.0 Å². The molecule has 0 bridgehead atoms. The Morgan fingerprint density at radius 1 is 0.780 bits per heavy atom. The van der Waals surface area contributed by atoms with Crippen molar-refractivity contribution in [2.24, 2.45) is 0 Å². The average Bonchev–Trinajstić information content (AvgIpc) is 3.87. The molecular weight excluding hydrogens is 698 g/mol. The van der Waals surface area contributed by atoms with Gasteiger partial charge in [0.1, 0.15) is 32.3 Å². The van der Waals surface area contributed by atoms with E-state index in [4.69, 9.17) is 35.8 Å². The molecule has 0 atom stereocenters. The van der Waals surface area contributed by atoms with E-state index in [-0.39, 0.29) is 31.6 Å². The Hall–Kier alpha value is -4.07. The summed E-state index contributed by atoms with van der Waals surface area (Å²) in [6, 6.07) is 5.96. The van der Waals surface area contributed by atoms with Gasteiger partial charge in [0, 0.05) is 29.1 Å². The molecule has 14 heteroatoms. The monoisotopic (exact) mass is 735 g/mol. The molecule has 5 heterocycles. The fourth-order valence-corrected chi connectivity index (χ4v) is 9.49. The summed E-state index contributed by atoms with van der Waals surface area (Å²) in [5.74, 6) is 3.17. The number of anilines is 1. The lowest BCUT2D eigenvalue weighted by molar-refractivity contribution is -0.141. The minimum absolute atomic E-state index is 0.251. The van der Waals surface area contributed by atoms with E-state index in [9.17, 15) is 9.59 Å². The van der Waals surface area contributed by atoms with Crippen LogP contribution in [0.4, 0.5) is 5.82 Å². The Balaban J connectivity index is 0.000000170. The highest BCUT2D eigenvalue weighted by atomic mass is 35.5. The fraction of sp³-hybridized carbons (Fsp3) is 0.444. The SMILES string of the molecule is COC(=O)CCc1nc(Cl)c2c3c(sc2n1)CCCC3.COC(=O)CCc1nc(NCc2ccc3c(c2)OCO3)c2c3c(sc2n1)CCCC3. The van der Waals surface area contributed by atoms with Gasteiger partial charge in [-0.2, -0.15) is 0 Å². The molecule has 11 nitrogen and oxygen atoms in total. The Labute approximate surface area is 302 Å². The van der Waals surface area contributed by atoms with Gasteiger partial charge in [-0.1, -0.05) is 17.7 Å². The number of hydrogen-bond donors (Lipinski definition) is 1. The van der Waals surface area contributed by atoms with Crippen LogP contribution in [0.5, 0.6) is 11.5 Å². The second kappa shape index (κ2) is 15.4. The standard InChI is InChI=1S/C22H23N3O4S.C14H15ClN2O2S/c1-27-19(26)9-8-18-24-21(20-14-4-2-3-5-17(14)30-22(20)25-18)23-11-13-6-7-15-16(10-13)29-12-28-15;1-19-11(18)7-6-10-16-13(15)12-8-4-2-3-5-9(8)20-14(12)17-10/h6-7,10H,2-5,8-9,11-12H2,1H3,(H,23,24,25);2-7H2,1H3. The van der Waals surface area contributed by atoms with Crippen LogP contribution >= 0.6 is 34.3 Å². The second-order valence-corrected chi connectivity index (χ2v) is 14.9. The maximum atomic E-state index is 11.6. The molecule has 4 aromatic heterocycles. The number of esters is 2. The van der Waals surface area contributed by atoms with E-state index in [0.29, 0.717) is 36.2 Å². The number of methoxy groups -OCH3 is 2. The van der Waals surface area contributed by atoms with Gasteiger partial charge in [0.05, 0.1) is 37.8 Å². The van der Waals surface area contributed by atoms with Gasteiger partial charge in [-0.3, -0.25) is 9.59 Å². The first kappa shape index (κ1) is 34.4. The first-order valence-electron chi connectivity index (χ1n) is 16.9. The van der Waals surface area contributed by atoms with E-state index in [1.165, 1.54) is 60.8 Å². The van der Waals surface area contributed by atoms with Crippen molar-refractivity contribution in [1.82, 2.24) is 19.9 Å². The van der Waals surface area contributed by atoms with Crippen LogP contribution in [0.15, 0.2) is 18.2 Å². The van der Waals surface area contributed by atoms with Crippen LogP contribution in [0.2, 0.25) is 5.15 Å². The van der Waals surface area contributed by atoms with Crippen LogP contribution in [0.25, 0.3) is 20.4 Å². The molecule has 2 aliphatic carbocycles. The topological polar surface area (TPSA) is 135 Å². The molecule has 0 unspecified atom stereocenters. The predicted octanol–water partition coefficient (Wildman–Crippen LogP) is 7.35. The summed E-state index contributed by atoms with van der Waals surface area (Å²) in [7, 11) is 2.78. The molecular formula is C36H38ClN5O6S2. The second-order valence-electron chi connectivity index (χ2n) is 12.4. The number of hydrogen-bond acceptors (Lipinski definition) is 13. The van der Waals surface area contributed by atoms with Gasteiger partial charge in [0.2, 0.25) is 6.79 Å². The van der Waals surface area contributed by atoms with Gasteiger partial charge < -0.3 is 24.3 Å². The highest BCUT2D eigenvalue weighted by Crippen LogP contribution is 2.40. The fourth-order valence-electron chi connectivity index (χ4n) is 6.58. The molecule has 1 aromatic carbocycles. The maximum absolute atomic E-state index is 11.6. The van der Waals surface area contributed by atoms with Crippen LogP contribution in [-0.2, 0) is 64.1 Å². The smallest absolute Gasteiger partial charge is 0.305 e. The normalized spacial score (nSPS) is 14.5. The molecule has 0 saturated heterocycles. The van der Waals surface area contributed by atoms with Gasteiger partial charge in [0.15, 0.2) is 11.5 Å². The van der Waals surface area contributed by atoms with E-state index in [1.54, 1.807) is 22.7 Å². The molecule has 8 rings (SSSR count). The minimum atomic E-state index is -0.254. The third-order valence-corrected chi connectivity index (χ3v) is 11.8. The highest BCUT2D eigenvalue weighted by Gasteiger charge is 2.23. The molecule has 0 spiro atoms. The molecule has 0 amide bonds. The van der Waals surface area contributed by atoms with Crippen molar-refractivity contribution in [3.63, 3.8) is 0 Å². The Bertz CT molecular complexity index is 2060. The van der Waals surface area contributed by atoms with Gasteiger partial charge >= 0.3 is 11.9 Å². The van der Waals surface area contributed by atoms with Gasteiger partial charge in [-0.05, 0) is 80.2 Å². The Morgan fingerprint density at radius 3 is 2.02 bits per heavy atom. The van der Waals surface area contributed by atoms with Crippen molar-refractivity contribution in [2.75, 3.05) is 26.3 Å². The van der Waals surface area contributed by atoms with Crippen molar-refractivity contribution < 1.29 is 28.5 Å². The largest absolute Gasteiger partial charge is 0.469 e. The summed E-state index contributed by atoms with van der Waals surface area (Å²) in [4.78, 5) is 46.0. The van der Waals surface area contributed by atoms with Crippen molar-refractivity contribution in [3.8, 4) is 11.5 Å². The quantitative estimate of drug-likeness (QED) is 0.120. The first-order chi connectivity index (χ1) is 24.4. The summed E-state index contributed by atoms with van der Waals surface area (Å²) < 4.78 is 20.3. The summed E-state index contributed by atoms with van der Waals surface area (Å²) >= 11 is 9.81. The first-order valence-corrected chi connectivity index (χ1v) is 18.9. The number of nitrogens with one attached hydrogen (secondary N) is 1. The zero-order valence-electron chi connectivity index (χ0n) is 28.1. The number of ether oxygens (including phenoxy) is 4. The van der Waals surface area contributed by atoms with E-state index >= 15 is 0 Å². The van der Waals surface area contributed by atoms with E-state index < -0.39 is 0 Å².